The average Bonchev–Trinajstić information content (AvgIpc) is 3.24. The number of hydrogen-bond acceptors (Lipinski definition) is 4. The lowest BCUT2D eigenvalue weighted by molar-refractivity contribution is 0.0649. The van der Waals surface area contributed by atoms with E-state index in [1.54, 1.807) is 23.1 Å². The third kappa shape index (κ3) is 4.57. The summed E-state index contributed by atoms with van der Waals surface area (Å²) in [7, 11) is -3.16. The number of carbonyl (C=O) groups excluding carboxylic acids is 1. The van der Waals surface area contributed by atoms with Gasteiger partial charge in [-0.2, -0.15) is 0 Å². The largest absolute Gasteiger partial charge is 0.451 e. The van der Waals surface area contributed by atoms with E-state index in [9.17, 15) is 13.2 Å². The first kappa shape index (κ1) is 22.9. The molecule has 0 bridgehead atoms. The first-order valence-electron chi connectivity index (χ1n) is 10.7. The zero-order valence-electron chi connectivity index (χ0n) is 18.8. The summed E-state index contributed by atoms with van der Waals surface area (Å²) >= 11 is 6.13. The molecule has 5 nitrogen and oxygen atoms in total. The van der Waals surface area contributed by atoms with Gasteiger partial charge in [0.25, 0.3) is 5.91 Å². The number of hydrogen-bond donors (Lipinski definition) is 0. The zero-order valence-corrected chi connectivity index (χ0v) is 20.4. The lowest BCUT2D eigenvalue weighted by atomic mass is 9.86. The fraction of sp³-hybridized carbons (Fsp3) is 0.400. The molecule has 0 spiro atoms. The van der Waals surface area contributed by atoms with E-state index in [2.05, 4.69) is 32.9 Å². The minimum Gasteiger partial charge on any atom is -0.451 e. The highest BCUT2D eigenvalue weighted by Gasteiger charge is 2.36. The number of amides is 1. The van der Waals surface area contributed by atoms with E-state index in [0.717, 1.165) is 10.9 Å². The molecule has 3 aromatic rings. The third-order valence-corrected chi connectivity index (χ3v) is 8.16. The minimum absolute atomic E-state index is 0.0239. The van der Waals surface area contributed by atoms with Gasteiger partial charge in [0.05, 0.1) is 11.5 Å². The second-order valence-electron chi connectivity index (χ2n) is 9.63. The van der Waals surface area contributed by atoms with Crippen LogP contribution in [0.25, 0.3) is 11.0 Å². The predicted octanol–water partition coefficient (Wildman–Crippen LogP) is 5.52. The number of carbonyl (C=O) groups is 1. The maximum atomic E-state index is 13.7. The maximum Gasteiger partial charge on any atom is 0.290 e. The van der Waals surface area contributed by atoms with Gasteiger partial charge in [0.15, 0.2) is 15.6 Å². The van der Waals surface area contributed by atoms with Crippen molar-refractivity contribution < 1.29 is 17.6 Å². The number of benzene rings is 2. The van der Waals surface area contributed by atoms with Gasteiger partial charge < -0.3 is 9.32 Å². The number of aryl methyl sites for hydroxylation is 1. The molecule has 7 heteroatoms. The van der Waals surface area contributed by atoms with E-state index in [1.165, 1.54) is 5.56 Å². The molecule has 1 saturated heterocycles. The molecule has 2 heterocycles. The Labute approximate surface area is 194 Å². The number of rotatable bonds is 4. The van der Waals surface area contributed by atoms with Crippen LogP contribution < -0.4 is 0 Å². The normalized spacial score (nSPS) is 18.2. The van der Waals surface area contributed by atoms with Crippen molar-refractivity contribution in [3.8, 4) is 0 Å². The van der Waals surface area contributed by atoms with Crippen molar-refractivity contribution >= 4 is 38.3 Å². The molecule has 1 aromatic heterocycles. The molecule has 1 atom stereocenters. The number of furan rings is 1. The first-order chi connectivity index (χ1) is 14.9. The average molecular weight is 474 g/mol. The molecule has 1 aliphatic rings. The topological polar surface area (TPSA) is 67.6 Å². The number of halogens is 1. The van der Waals surface area contributed by atoms with E-state index in [0.29, 0.717) is 29.1 Å². The van der Waals surface area contributed by atoms with Gasteiger partial charge in [0.2, 0.25) is 0 Å². The van der Waals surface area contributed by atoms with Crippen LogP contribution in [0.3, 0.4) is 0 Å². The van der Waals surface area contributed by atoms with Gasteiger partial charge in [0.1, 0.15) is 5.58 Å². The molecule has 2 aromatic carbocycles. The lowest BCUT2D eigenvalue weighted by Crippen LogP contribution is -2.40. The van der Waals surface area contributed by atoms with Crippen LogP contribution in [0, 0.1) is 6.92 Å². The molecule has 0 radical (unpaired) electrons. The van der Waals surface area contributed by atoms with Crippen LogP contribution in [0.1, 0.15) is 54.4 Å². The molecular formula is C25H28ClNO4S. The van der Waals surface area contributed by atoms with Crippen molar-refractivity contribution in [3.63, 3.8) is 0 Å². The fourth-order valence-corrected chi connectivity index (χ4v) is 6.13. The second-order valence-corrected chi connectivity index (χ2v) is 12.3. The second kappa shape index (κ2) is 8.23. The minimum atomic E-state index is -3.16. The Balaban J connectivity index is 1.70. The highest BCUT2D eigenvalue weighted by Crippen LogP contribution is 2.31. The quantitative estimate of drug-likeness (QED) is 0.500. The SMILES string of the molecule is Cc1c(C(=O)N(Cc2ccc(C(C)(C)C)cc2)[C@H]2CCS(=O)(=O)C2)oc2ccc(Cl)cc12. The standard InChI is InChI=1S/C25H28ClNO4S/c1-16-21-13-19(26)9-10-22(21)31-23(16)24(28)27(20-11-12-32(29,30)15-20)14-17-5-7-18(8-6-17)25(2,3)4/h5-10,13,20H,11-12,14-15H2,1-4H3/t20-/m0/s1. The molecule has 0 saturated carbocycles. The smallest absolute Gasteiger partial charge is 0.290 e. The predicted molar refractivity (Wildman–Crippen MR) is 128 cm³/mol. The molecule has 170 valence electrons. The van der Waals surface area contributed by atoms with Gasteiger partial charge in [-0.05, 0) is 48.1 Å². The van der Waals surface area contributed by atoms with E-state index in [1.807, 2.05) is 19.1 Å². The first-order valence-corrected chi connectivity index (χ1v) is 12.9. The summed E-state index contributed by atoms with van der Waals surface area (Å²) in [6.07, 6.45) is 0.430. The van der Waals surface area contributed by atoms with Crippen molar-refractivity contribution in [1.82, 2.24) is 4.90 Å². The van der Waals surface area contributed by atoms with Gasteiger partial charge in [-0.15, -0.1) is 0 Å². The van der Waals surface area contributed by atoms with Crippen molar-refractivity contribution in [2.45, 2.75) is 52.1 Å². The Morgan fingerprint density at radius 1 is 1.16 bits per heavy atom. The van der Waals surface area contributed by atoms with Crippen molar-refractivity contribution in [2.24, 2.45) is 0 Å². The fourth-order valence-electron chi connectivity index (χ4n) is 4.22. The molecule has 0 N–H and O–H groups in total. The van der Waals surface area contributed by atoms with Crippen LogP contribution in [0.2, 0.25) is 5.02 Å². The van der Waals surface area contributed by atoms with E-state index >= 15 is 0 Å². The summed E-state index contributed by atoms with van der Waals surface area (Å²) in [6, 6.07) is 13.0. The summed E-state index contributed by atoms with van der Waals surface area (Å²) in [5, 5.41) is 1.35. The monoisotopic (exact) mass is 473 g/mol. The van der Waals surface area contributed by atoms with Crippen LogP contribution in [-0.4, -0.2) is 36.8 Å². The van der Waals surface area contributed by atoms with Crippen LogP contribution in [0.4, 0.5) is 0 Å². The van der Waals surface area contributed by atoms with Gasteiger partial charge in [-0.3, -0.25) is 4.79 Å². The maximum absolute atomic E-state index is 13.7. The van der Waals surface area contributed by atoms with Gasteiger partial charge in [-0.25, -0.2) is 8.42 Å². The van der Waals surface area contributed by atoms with Crippen molar-refractivity contribution in [2.75, 3.05) is 11.5 Å². The molecule has 0 unspecified atom stereocenters. The molecule has 1 amide bonds. The zero-order chi connectivity index (χ0) is 23.3. The Morgan fingerprint density at radius 2 is 1.84 bits per heavy atom. The Morgan fingerprint density at radius 3 is 2.44 bits per heavy atom. The van der Waals surface area contributed by atoms with E-state index in [4.69, 9.17) is 16.0 Å². The van der Waals surface area contributed by atoms with Crippen molar-refractivity contribution in [3.05, 3.63) is 69.9 Å². The van der Waals surface area contributed by atoms with Crippen LogP contribution in [0.15, 0.2) is 46.9 Å². The van der Waals surface area contributed by atoms with Crippen LogP contribution in [0.5, 0.6) is 0 Å². The number of fused-ring (bicyclic) bond motifs is 1. The molecule has 1 aliphatic heterocycles. The molecule has 1 fully saturated rings. The van der Waals surface area contributed by atoms with Gasteiger partial charge in [-0.1, -0.05) is 56.6 Å². The Bertz CT molecular complexity index is 1270. The molecule has 32 heavy (non-hydrogen) atoms. The number of nitrogens with zero attached hydrogens (tertiary/aromatic N) is 1. The van der Waals surface area contributed by atoms with E-state index < -0.39 is 9.84 Å². The summed E-state index contributed by atoms with van der Waals surface area (Å²) in [5.41, 5.74) is 3.48. The summed E-state index contributed by atoms with van der Waals surface area (Å²) in [4.78, 5) is 15.3. The Kier molecular flexibility index (Phi) is 5.88. The van der Waals surface area contributed by atoms with Crippen molar-refractivity contribution in [1.29, 1.82) is 0 Å². The van der Waals surface area contributed by atoms with Crippen LogP contribution in [-0.2, 0) is 21.8 Å². The highest BCUT2D eigenvalue weighted by molar-refractivity contribution is 7.91. The van der Waals surface area contributed by atoms with Crippen LogP contribution >= 0.6 is 11.6 Å². The molecular weight excluding hydrogens is 446 g/mol. The number of sulfone groups is 1. The third-order valence-electron chi connectivity index (χ3n) is 6.18. The molecule has 4 rings (SSSR count). The summed E-state index contributed by atoms with van der Waals surface area (Å²) < 4.78 is 30.3. The Hall–Kier alpha value is -2.31. The molecule has 0 aliphatic carbocycles. The van der Waals surface area contributed by atoms with Gasteiger partial charge >= 0.3 is 0 Å². The summed E-state index contributed by atoms with van der Waals surface area (Å²) in [5.74, 6) is 0.0120. The lowest BCUT2D eigenvalue weighted by Gasteiger charge is -2.28. The highest BCUT2D eigenvalue weighted by atomic mass is 35.5. The summed E-state index contributed by atoms with van der Waals surface area (Å²) in [6.45, 7) is 8.60. The van der Waals surface area contributed by atoms with Gasteiger partial charge in [0, 0.05) is 28.6 Å². The van der Waals surface area contributed by atoms with E-state index in [-0.39, 0.29) is 34.6 Å².